The van der Waals surface area contributed by atoms with Crippen molar-refractivity contribution in [3.8, 4) is 17.6 Å². The molecule has 0 unspecified atom stereocenters. The van der Waals surface area contributed by atoms with Crippen LogP contribution in [0.5, 0.6) is 0 Å². The third-order valence-corrected chi connectivity index (χ3v) is 4.25. The molecule has 8 nitrogen and oxygen atoms in total. The fraction of sp³-hybridized carbons (Fsp3) is 0.222. The highest BCUT2D eigenvalue weighted by Gasteiger charge is 2.17. The molecule has 4 heterocycles. The molecule has 4 rings (SSSR count). The van der Waals surface area contributed by atoms with Gasteiger partial charge in [0.05, 0.1) is 12.2 Å². The Balaban J connectivity index is 1.79. The van der Waals surface area contributed by atoms with Crippen LogP contribution in [0.1, 0.15) is 30.4 Å². The van der Waals surface area contributed by atoms with E-state index < -0.39 is 5.82 Å². The average Bonchev–Trinajstić information content (AvgIpc) is 3.31. The third-order valence-electron chi connectivity index (χ3n) is 4.25. The molecule has 0 spiro atoms. The number of rotatable bonds is 5. The zero-order chi connectivity index (χ0) is 18.8. The summed E-state index contributed by atoms with van der Waals surface area (Å²) in [6.45, 7) is 2.44. The molecule has 134 valence electrons. The van der Waals surface area contributed by atoms with Gasteiger partial charge in [0.2, 0.25) is 5.82 Å². The van der Waals surface area contributed by atoms with Crippen molar-refractivity contribution < 1.29 is 4.39 Å². The van der Waals surface area contributed by atoms with E-state index >= 15 is 0 Å². The molecule has 0 atom stereocenters. The Hall–Kier alpha value is -3.67. The summed E-state index contributed by atoms with van der Waals surface area (Å²) in [5.41, 5.74) is 2.49. The number of fused-ring (bicyclic) bond motifs is 1. The number of imidazole rings is 1. The van der Waals surface area contributed by atoms with E-state index in [0.717, 1.165) is 24.1 Å². The van der Waals surface area contributed by atoms with Gasteiger partial charge in [-0.25, -0.2) is 19.3 Å². The monoisotopic (exact) mass is 362 g/mol. The molecule has 0 N–H and O–H groups in total. The van der Waals surface area contributed by atoms with Gasteiger partial charge in [0.1, 0.15) is 18.1 Å². The van der Waals surface area contributed by atoms with Crippen LogP contribution in [0, 0.1) is 17.1 Å². The van der Waals surface area contributed by atoms with Gasteiger partial charge < -0.3 is 4.57 Å². The van der Waals surface area contributed by atoms with Crippen LogP contribution in [0.15, 0.2) is 37.1 Å². The van der Waals surface area contributed by atoms with Crippen LogP contribution < -0.4 is 0 Å². The number of aryl methyl sites for hydroxylation is 1. The summed E-state index contributed by atoms with van der Waals surface area (Å²) in [5, 5.41) is 17.2. The molecule has 9 heteroatoms. The lowest BCUT2D eigenvalue weighted by molar-refractivity contribution is 0.621. The molecule has 0 aliphatic rings. The van der Waals surface area contributed by atoms with Gasteiger partial charge in [-0.1, -0.05) is 13.3 Å². The largest absolute Gasteiger partial charge is 0.324 e. The summed E-state index contributed by atoms with van der Waals surface area (Å²) >= 11 is 0. The van der Waals surface area contributed by atoms with Crippen LogP contribution in [-0.2, 0) is 13.0 Å². The molecule has 0 bridgehead atoms. The maximum atomic E-state index is 14.1. The second-order valence-electron chi connectivity index (χ2n) is 5.96. The van der Waals surface area contributed by atoms with Gasteiger partial charge in [0.25, 0.3) is 0 Å². The normalized spacial score (nSPS) is 11.0. The summed E-state index contributed by atoms with van der Waals surface area (Å²) in [7, 11) is 0. The standard InChI is InChI=1S/C18H15FN8/c1-2-4-12-14(23-11-27-15(9-20)24-25-17(12)27)10-26-8-7-22-18(26)16-13(19)5-3-6-21-16/h3,5-8,11H,2,4,10H2,1H3. The maximum Gasteiger partial charge on any atom is 0.240 e. The molecule has 4 aromatic heterocycles. The highest BCUT2D eigenvalue weighted by atomic mass is 19.1. The highest BCUT2D eigenvalue weighted by Crippen LogP contribution is 2.21. The highest BCUT2D eigenvalue weighted by molar-refractivity contribution is 5.53. The van der Waals surface area contributed by atoms with Gasteiger partial charge in [-0.2, -0.15) is 5.26 Å². The van der Waals surface area contributed by atoms with Crippen LogP contribution in [0.3, 0.4) is 0 Å². The van der Waals surface area contributed by atoms with Gasteiger partial charge in [0, 0.05) is 24.2 Å². The van der Waals surface area contributed by atoms with Crippen molar-refractivity contribution in [1.82, 2.24) is 34.1 Å². The van der Waals surface area contributed by atoms with Crippen molar-refractivity contribution in [3.63, 3.8) is 0 Å². The Morgan fingerprint density at radius 2 is 2.07 bits per heavy atom. The van der Waals surface area contributed by atoms with Crippen LogP contribution in [0.2, 0.25) is 0 Å². The van der Waals surface area contributed by atoms with E-state index in [9.17, 15) is 4.39 Å². The molecule has 0 aliphatic carbocycles. The minimum atomic E-state index is -0.432. The summed E-state index contributed by atoms with van der Waals surface area (Å²) in [5.74, 6) is 0.190. The molecule has 0 aliphatic heterocycles. The molecule has 0 amide bonds. The zero-order valence-electron chi connectivity index (χ0n) is 14.5. The molecular weight excluding hydrogens is 347 g/mol. The van der Waals surface area contributed by atoms with Crippen molar-refractivity contribution in [1.29, 1.82) is 5.26 Å². The lowest BCUT2D eigenvalue weighted by Gasteiger charge is -2.12. The van der Waals surface area contributed by atoms with E-state index in [1.54, 1.807) is 33.8 Å². The number of hydrogen-bond donors (Lipinski definition) is 0. The summed E-state index contributed by atoms with van der Waals surface area (Å²) < 4.78 is 17.5. The van der Waals surface area contributed by atoms with Crippen molar-refractivity contribution >= 4 is 5.65 Å². The van der Waals surface area contributed by atoms with Crippen LogP contribution in [0.25, 0.3) is 17.2 Å². The lowest BCUT2D eigenvalue weighted by atomic mass is 10.1. The number of nitriles is 1. The first-order valence-corrected chi connectivity index (χ1v) is 8.46. The molecular formula is C18H15FN8. The predicted octanol–water partition coefficient (Wildman–Crippen LogP) is 2.39. The van der Waals surface area contributed by atoms with Crippen molar-refractivity contribution in [2.24, 2.45) is 0 Å². The molecule has 0 saturated carbocycles. The average molecular weight is 362 g/mol. The van der Waals surface area contributed by atoms with Crippen molar-refractivity contribution in [2.75, 3.05) is 0 Å². The number of aromatic nitrogens is 7. The Morgan fingerprint density at radius 1 is 1.19 bits per heavy atom. The maximum absolute atomic E-state index is 14.1. The van der Waals surface area contributed by atoms with Gasteiger partial charge in [-0.15, -0.1) is 10.2 Å². The van der Waals surface area contributed by atoms with Gasteiger partial charge >= 0.3 is 0 Å². The fourth-order valence-electron chi connectivity index (χ4n) is 3.03. The quantitative estimate of drug-likeness (QED) is 0.541. The minimum absolute atomic E-state index is 0.190. The van der Waals surface area contributed by atoms with E-state index in [1.165, 1.54) is 12.3 Å². The minimum Gasteiger partial charge on any atom is -0.324 e. The predicted molar refractivity (Wildman–Crippen MR) is 94.0 cm³/mol. The van der Waals surface area contributed by atoms with Crippen LogP contribution >= 0.6 is 0 Å². The van der Waals surface area contributed by atoms with Gasteiger partial charge in [-0.3, -0.25) is 4.40 Å². The number of pyridine rings is 1. The molecule has 4 aromatic rings. The molecule has 0 fully saturated rings. The first kappa shape index (κ1) is 16.8. The first-order chi connectivity index (χ1) is 13.2. The molecule has 27 heavy (non-hydrogen) atoms. The Labute approximate surface area is 154 Å². The topological polar surface area (TPSA) is 97.6 Å². The summed E-state index contributed by atoms with van der Waals surface area (Å²) in [6.07, 6.45) is 8.05. The first-order valence-electron chi connectivity index (χ1n) is 8.46. The summed E-state index contributed by atoms with van der Waals surface area (Å²) in [6, 6.07) is 4.90. The Morgan fingerprint density at radius 3 is 2.85 bits per heavy atom. The van der Waals surface area contributed by atoms with Crippen molar-refractivity contribution in [2.45, 2.75) is 26.3 Å². The van der Waals surface area contributed by atoms with Crippen LogP contribution in [0.4, 0.5) is 4.39 Å². The van der Waals surface area contributed by atoms with Crippen molar-refractivity contribution in [3.05, 3.63) is 59.9 Å². The second-order valence-corrected chi connectivity index (χ2v) is 5.96. The fourth-order valence-corrected chi connectivity index (χ4v) is 3.03. The van der Waals surface area contributed by atoms with E-state index in [4.69, 9.17) is 5.26 Å². The third kappa shape index (κ3) is 2.91. The smallest absolute Gasteiger partial charge is 0.240 e. The Kier molecular flexibility index (Phi) is 4.30. The Bertz CT molecular complexity index is 1150. The second kappa shape index (κ2) is 6.92. The summed E-state index contributed by atoms with van der Waals surface area (Å²) in [4.78, 5) is 12.9. The number of halogens is 1. The van der Waals surface area contributed by atoms with E-state index in [-0.39, 0.29) is 11.5 Å². The lowest BCUT2D eigenvalue weighted by Crippen LogP contribution is -2.10. The van der Waals surface area contributed by atoms with E-state index in [2.05, 4.69) is 32.1 Å². The van der Waals surface area contributed by atoms with Crippen LogP contribution in [-0.4, -0.2) is 34.1 Å². The number of hydrogen-bond acceptors (Lipinski definition) is 6. The molecule has 0 radical (unpaired) electrons. The molecule has 0 saturated heterocycles. The number of nitrogens with zero attached hydrogens (tertiary/aromatic N) is 8. The van der Waals surface area contributed by atoms with Gasteiger partial charge in [-0.05, 0) is 18.6 Å². The van der Waals surface area contributed by atoms with E-state index in [0.29, 0.717) is 18.0 Å². The molecule has 0 aromatic carbocycles. The van der Waals surface area contributed by atoms with E-state index in [1.807, 2.05) is 6.07 Å². The van der Waals surface area contributed by atoms with Gasteiger partial charge in [0.15, 0.2) is 17.3 Å². The SMILES string of the molecule is CCCc1c(Cn2ccnc2-c2ncccc2F)ncn2c(C#N)nnc12. The zero-order valence-corrected chi connectivity index (χ0v) is 14.5.